The zero-order valence-electron chi connectivity index (χ0n) is 39.4. The Kier molecular flexibility index (Phi) is 14.1. The molecule has 2 aromatic rings. The number of halogens is 3. The summed E-state index contributed by atoms with van der Waals surface area (Å²) in [5.74, 6) is -3.18. The summed E-state index contributed by atoms with van der Waals surface area (Å²) in [7, 11) is -6.02. The fourth-order valence-electron chi connectivity index (χ4n) is 9.33. The van der Waals surface area contributed by atoms with Crippen molar-refractivity contribution in [3.05, 3.63) is 36.5 Å². The monoisotopic (exact) mass is 997 g/mol. The molecule has 2 saturated heterocycles. The number of alkyl halides is 3. The molecule has 2 saturated carbocycles. The summed E-state index contributed by atoms with van der Waals surface area (Å²) in [5, 5.41) is 6.44. The lowest BCUT2D eigenvalue weighted by atomic mass is 9.85. The van der Waals surface area contributed by atoms with Gasteiger partial charge in [0.1, 0.15) is 29.5 Å². The molecule has 0 radical (unpaired) electrons. The van der Waals surface area contributed by atoms with Crippen LogP contribution in [0.2, 0.25) is 0 Å². The van der Waals surface area contributed by atoms with Crippen LogP contribution in [0, 0.1) is 17.8 Å². The van der Waals surface area contributed by atoms with Crippen LogP contribution in [0.4, 0.5) is 23.7 Å². The van der Waals surface area contributed by atoms with Crippen LogP contribution in [-0.2, 0) is 39.2 Å². The third-order valence-electron chi connectivity index (χ3n) is 14.3. The molecule has 1 aromatic heterocycles. The summed E-state index contributed by atoms with van der Waals surface area (Å²) in [4.78, 5) is 65.3. The van der Waals surface area contributed by atoms with Crippen LogP contribution in [0.3, 0.4) is 0 Å². The summed E-state index contributed by atoms with van der Waals surface area (Å²) >= 11 is 0. The van der Waals surface area contributed by atoms with Crippen LogP contribution in [0.5, 0.6) is 11.6 Å². The Balaban J connectivity index is 1.25. The Morgan fingerprint density at radius 2 is 1.72 bits per heavy atom. The van der Waals surface area contributed by atoms with Crippen molar-refractivity contribution in [1.82, 2.24) is 29.5 Å². The summed E-state index contributed by atoms with van der Waals surface area (Å²) < 4.78 is 112. The molecule has 18 nitrogen and oxygen atoms in total. The maximum atomic E-state index is 15.1. The maximum absolute atomic E-state index is 15.1. The molecule has 7 rings (SSSR count). The Hall–Kier alpha value is -4.90. The van der Waals surface area contributed by atoms with Crippen molar-refractivity contribution in [2.24, 2.45) is 17.8 Å². The number of anilines is 1. The standard InChI is InChI=1S/C45H62F3N7O11S2/c1-8-28-21-27(2)11-9-10-12-29-24-44(29,40(58)52-68(62,63)43(5)15-16-43)51-37(56)34-23-31(26-55(34)39(57)36(28)50-41(59)66-42(3,4)45(46,47)48)65-38-32-14-13-30(64-6)22-33(32)35(25-49-38)53-17-19-54(20-18-53)67(7,60)61/h10,12-14,22,25,27-29,31,34,36H,8-9,11,15-21,23-24,26H2,1-7H3,(H,50,59)(H,51,56)(H,52,58)/b12-10-/t27-,28-,29-,31-,34+,36+,44-/m1/s1. The van der Waals surface area contributed by atoms with Gasteiger partial charge in [0.15, 0.2) is 0 Å². The predicted octanol–water partition coefficient (Wildman–Crippen LogP) is 4.38. The highest BCUT2D eigenvalue weighted by Gasteiger charge is 2.63. The van der Waals surface area contributed by atoms with Crippen molar-refractivity contribution < 1.29 is 63.4 Å². The van der Waals surface area contributed by atoms with Crippen LogP contribution >= 0.6 is 0 Å². The smallest absolute Gasteiger partial charge is 0.427 e. The number of nitrogens with one attached hydrogen (secondary N) is 3. The Morgan fingerprint density at radius 3 is 2.34 bits per heavy atom. The second-order valence-corrected chi connectivity index (χ2v) is 23.9. The number of rotatable bonds is 11. The van der Waals surface area contributed by atoms with Crippen LogP contribution in [-0.4, -0.2) is 141 Å². The third kappa shape index (κ3) is 10.5. The second kappa shape index (κ2) is 18.8. The van der Waals surface area contributed by atoms with Gasteiger partial charge in [-0.05, 0) is 89.3 Å². The van der Waals surface area contributed by atoms with Gasteiger partial charge in [-0.25, -0.2) is 26.6 Å². The Bertz CT molecular complexity index is 2550. The van der Waals surface area contributed by atoms with E-state index in [0.717, 1.165) is 6.26 Å². The fourth-order valence-corrected chi connectivity index (χ4v) is 11.5. The maximum Gasteiger partial charge on any atom is 0.427 e. The van der Waals surface area contributed by atoms with Gasteiger partial charge in [-0.15, -0.1) is 0 Å². The average molecular weight is 998 g/mol. The number of carbonyl (C=O) groups is 4. The molecular formula is C45H62F3N7O11S2. The van der Waals surface area contributed by atoms with E-state index in [0.29, 0.717) is 87.7 Å². The highest BCUT2D eigenvalue weighted by molar-refractivity contribution is 7.91. The van der Waals surface area contributed by atoms with Crippen molar-refractivity contribution >= 4 is 60.3 Å². The summed E-state index contributed by atoms with van der Waals surface area (Å²) in [6, 6.07) is 2.36. The summed E-state index contributed by atoms with van der Waals surface area (Å²) in [6.45, 7) is 7.60. The number of pyridine rings is 1. The predicted molar refractivity (Wildman–Crippen MR) is 245 cm³/mol. The molecule has 4 amide bonds. The Morgan fingerprint density at radius 1 is 1.03 bits per heavy atom. The molecule has 2 aliphatic carbocycles. The van der Waals surface area contributed by atoms with Gasteiger partial charge in [-0.3, -0.25) is 19.1 Å². The molecule has 3 aliphatic heterocycles. The number of methoxy groups -OCH3 is 1. The molecule has 68 heavy (non-hydrogen) atoms. The molecule has 0 spiro atoms. The number of hydrogen-bond donors (Lipinski definition) is 3. The molecule has 0 unspecified atom stereocenters. The lowest BCUT2D eigenvalue weighted by Crippen LogP contribution is -2.60. The zero-order valence-corrected chi connectivity index (χ0v) is 41.0. The van der Waals surface area contributed by atoms with E-state index >= 15 is 4.79 Å². The van der Waals surface area contributed by atoms with Crippen molar-refractivity contribution in [2.75, 3.05) is 51.0 Å². The van der Waals surface area contributed by atoms with Crippen molar-refractivity contribution in [3.8, 4) is 11.6 Å². The van der Waals surface area contributed by atoms with Crippen molar-refractivity contribution in [3.63, 3.8) is 0 Å². The molecule has 0 bridgehead atoms. The van der Waals surface area contributed by atoms with E-state index in [1.807, 2.05) is 17.9 Å². The number of amides is 4. The van der Waals surface area contributed by atoms with Gasteiger partial charge in [0, 0.05) is 49.3 Å². The number of hydrogen-bond acceptors (Lipinski definition) is 13. The minimum Gasteiger partial charge on any atom is -0.497 e. The molecule has 376 valence electrons. The normalized spacial score (nSPS) is 28.8. The second-order valence-electron chi connectivity index (χ2n) is 19.7. The SMILES string of the molecule is CC[C@@H]1C[C@H](C)CC/C=C\[C@@H]2C[C@@]2(C(=O)NS(=O)(=O)C2(C)CC2)NC(=O)[C@@H]2C[C@@H](Oc3ncc(N4CCN(S(C)(=O)=O)CC4)c4cc(OC)ccc34)CN2C(=O)[C@H]1NC(=O)OC(C)(C)C(F)(F)F. The largest absolute Gasteiger partial charge is 0.497 e. The number of allylic oxidation sites excluding steroid dienone is 1. The fraction of sp³-hybridized carbons (Fsp3) is 0.667. The first kappa shape index (κ1) is 51.0. The lowest BCUT2D eigenvalue weighted by Gasteiger charge is -2.35. The van der Waals surface area contributed by atoms with Crippen LogP contribution in [0.25, 0.3) is 10.8 Å². The number of nitrogens with zero attached hydrogens (tertiary/aromatic N) is 4. The zero-order chi connectivity index (χ0) is 49.8. The van der Waals surface area contributed by atoms with Crippen molar-refractivity contribution in [2.45, 2.75) is 126 Å². The number of aromatic nitrogens is 1. The molecule has 4 heterocycles. The molecule has 7 atom stereocenters. The number of carbonyl (C=O) groups excluding carboxylic acids is 4. The highest BCUT2D eigenvalue weighted by Crippen LogP contribution is 2.48. The first-order valence-corrected chi connectivity index (χ1v) is 26.3. The molecule has 1 aromatic carbocycles. The molecule has 5 aliphatic rings. The van der Waals surface area contributed by atoms with Gasteiger partial charge < -0.3 is 34.6 Å². The topological polar surface area (TPSA) is 223 Å². The van der Waals surface area contributed by atoms with E-state index in [4.69, 9.17) is 14.2 Å². The number of benzene rings is 1. The van der Waals surface area contributed by atoms with Gasteiger partial charge in [-0.2, -0.15) is 17.5 Å². The summed E-state index contributed by atoms with van der Waals surface area (Å²) in [6.07, 6.45) is 1.37. The van der Waals surface area contributed by atoms with E-state index < -0.39 is 95.9 Å². The minimum absolute atomic E-state index is 0.0686. The molecular weight excluding hydrogens is 936 g/mol. The highest BCUT2D eigenvalue weighted by atomic mass is 32.2. The van der Waals surface area contributed by atoms with Gasteiger partial charge in [0.2, 0.25) is 43.3 Å². The van der Waals surface area contributed by atoms with E-state index in [-0.39, 0.29) is 44.3 Å². The number of alkyl carbamates (subject to hydrolysis) is 1. The lowest BCUT2D eigenvalue weighted by molar-refractivity contribution is -0.244. The molecule has 4 fully saturated rings. The van der Waals surface area contributed by atoms with Gasteiger partial charge >= 0.3 is 12.3 Å². The van der Waals surface area contributed by atoms with Gasteiger partial charge in [0.05, 0.1) is 36.5 Å². The van der Waals surface area contributed by atoms with Crippen LogP contribution in [0.15, 0.2) is 36.5 Å². The number of fused-ring (bicyclic) bond motifs is 3. The van der Waals surface area contributed by atoms with E-state index in [9.17, 15) is 44.4 Å². The summed E-state index contributed by atoms with van der Waals surface area (Å²) in [5.41, 5.74) is -3.94. The van der Waals surface area contributed by atoms with Crippen LogP contribution in [0.1, 0.15) is 86.0 Å². The molecule has 3 N–H and O–H groups in total. The first-order valence-electron chi connectivity index (χ1n) is 23.0. The third-order valence-corrected chi connectivity index (χ3v) is 17.7. The van der Waals surface area contributed by atoms with Crippen LogP contribution < -0.4 is 29.7 Å². The minimum atomic E-state index is -4.95. The number of piperazine rings is 1. The van der Waals surface area contributed by atoms with Crippen molar-refractivity contribution in [1.29, 1.82) is 0 Å². The van der Waals surface area contributed by atoms with E-state index in [1.165, 1.54) is 23.2 Å². The van der Waals surface area contributed by atoms with Gasteiger partial charge in [-0.1, -0.05) is 32.4 Å². The Labute approximate surface area is 395 Å². The quantitative estimate of drug-likeness (QED) is 0.266. The molecule has 23 heteroatoms. The number of sulfonamides is 2. The first-order chi connectivity index (χ1) is 31.7. The number of ether oxygens (including phenoxy) is 3. The van der Waals surface area contributed by atoms with E-state index in [2.05, 4.69) is 20.3 Å². The van der Waals surface area contributed by atoms with E-state index in [1.54, 1.807) is 37.4 Å². The average Bonchev–Trinajstić information content (AvgIpc) is 4.15. The van der Waals surface area contributed by atoms with Gasteiger partial charge in [0.25, 0.3) is 5.91 Å².